The molecule has 2 unspecified atom stereocenters. The van der Waals surface area contributed by atoms with Gasteiger partial charge in [0.05, 0.1) is 0 Å². The number of amidine groups is 1. The lowest BCUT2D eigenvalue weighted by Gasteiger charge is -2.30. The molecule has 1 heterocycles. The molecule has 0 bridgehead atoms. The number of nitrogens with zero attached hydrogens (tertiary/aromatic N) is 2. The predicted octanol–water partition coefficient (Wildman–Crippen LogP) is 5.98. The molecule has 0 saturated carbocycles. The fraction of sp³-hybridized carbons (Fsp3) is 0.688. The molecule has 0 aromatic heterocycles. The van der Waals surface area contributed by atoms with E-state index in [0.717, 1.165) is 86.0 Å². The van der Waals surface area contributed by atoms with Gasteiger partial charge >= 0.3 is 0 Å². The first kappa shape index (κ1) is 38.2. The van der Waals surface area contributed by atoms with Crippen LogP contribution in [0.25, 0.3) is 0 Å². The lowest BCUT2D eigenvalue weighted by atomic mass is 9.91. The molecule has 1 aliphatic rings. The maximum atomic E-state index is 10.9. The second kappa shape index (κ2) is 23.9. The number of carbonyl (C=O) groups excluding carboxylic acids is 1. The molecule has 3 N–H and O–H groups in total. The van der Waals surface area contributed by atoms with E-state index in [1.807, 2.05) is 25.8 Å². The molecule has 7 nitrogen and oxygen atoms in total. The van der Waals surface area contributed by atoms with Crippen molar-refractivity contribution in [1.82, 2.24) is 10.4 Å². The van der Waals surface area contributed by atoms with Crippen molar-refractivity contribution in [2.75, 3.05) is 27.2 Å². The highest BCUT2D eigenvalue weighted by Crippen LogP contribution is 2.25. The molecule has 2 atom stereocenters. The number of allylic oxidation sites excluding steroid dienone is 2. The summed E-state index contributed by atoms with van der Waals surface area (Å²) in [7, 11) is 6.44. The van der Waals surface area contributed by atoms with Crippen LogP contribution in [-0.4, -0.2) is 60.6 Å². The average Bonchev–Trinajstić information content (AvgIpc) is 2.92. The zero-order valence-corrected chi connectivity index (χ0v) is 27.5. The molecule has 1 aliphatic heterocycles. The van der Waals surface area contributed by atoms with E-state index in [2.05, 4.69) is 58.7 Å². The molecule has 230 valence electrons. The van der Waals surface area contributed by atoms with Crippen LogP contribution >= 0.6 is 9.24 Å². The largest absolute Gasteiger partial charge is 0.409 e. The van der Waals surface area contributed by atoms with Crippen molar-refractivity contribution in [3.05, 3.63) is 35.0 Å². The van der Waals surface area contributed by atoms with Gasteiger partial charge in [0, 0.05) is 38.5 Å². The molecular formula is C32H58N3O4P. The van der Waals surface area contributed by atoms with E-state index in [4.69, 9.17) is 9.94 Å². The second-order valence-corrected chi connectivity index (χ2v) is 11.1. The smallest absolute Gasteiger partial charge is 0.150 e. The third kappa shape index (κ3) is 15.9. The Kier molecular flexibility index (Phi) is 22.8. The summed E-state index contributed by atoms with van der Waals surface area (Å²) >= 11 is 0. The highest BCUT2D eigenvalue weighted by molar-refractivity contribution is 7.27. The minimum atomic E-state index is -0.502. The zero-order chi connectivity index (χ0) is 30.3. The fourth-order valence-corrected chi connectivity index (χ4v) is 4.84. The molecule has 1 aromatic carbocycles. The van der Waals surface area contributed by atoms with Crippen LogP contribution in [0.5, 0.6) is 5.75 Å². The predicted molar refractivity (Wildman–Crippen MR) is 173 cm³/mol. The van der Waals surface area contributed by atoms with Gasteiger partial charge in [0.2, 0.25) is 0 Å². The third-order valence-electron chi connectivity index (χ3n) is 6.79. The monoisotopic (exact) mass is 579 g/mol. The Morgan fingerprint density at radius 2 is 1.88 bits per heavy atom. The Labute approximate surface area is 247 Å². The van der Waals surface area contributed by atoms with Gasteiger partial charge in [-0.15, -0.1) is 9.24 Å². The molecule has 0 amide bonds. The van der Waals surface area contributed by atoms with Crippen molar-refractivity contribution in [2.24, 2.45) is 10.9 Å². The van der Waals surface area contributed by atoms with Crippen LogP contribution in [0.15, 0.2) is 34.5 Å². The second-order valence-electron chi connectivity index (χ2n) is 10.4. The highest BCUT2D eigenvalue weighted by atomic mass is 31.0. The maximum Gasteiger partial charge on any atom is 0.150 e. The Hall–Kier alpha value is -1.79. The van der Waals surface area contributed by atoms with Crippen molar-refractivity contribution in [1.29, 1.82) is 0 Å². The number of likely N-dealkylation sites (N-methyl/N-ethyl adjacent to an activating group) is 1. The topological polar surface area (TPSA) is 94.4 Å². The van der Waals surface area contributed by atoms with Crippen LogP contribution in [0, 0.1) is 5.92 Å². The first-order chi connectivity index (χ1) is 19.2. The van der Waals surface area contributed by atoms with E-state index in [-0.39, 0.29) is 0 Å². The maximum absolute atomic E-state index is 10.9. The summed E-state index contributed by atoms with van der Waals surface area (Å²) in [6.07, 6.45) is 12.0. The number of hydrogen-bond acceptors (Lipinski definition) is 6. The number of likely N-dealkylation sites (tertiary alicyclic amines) is 1. The van der Waals surface area contributed by atoms with Crippen LogP contribution < -0.4 is 15.6 Å². The fourth-order valence-electron chi connectivity index (χ4n) is 4.60. The van der Waals surface area contributed by atoms with Crippen LogP contribution in [0.1, 0.15) is 104 Å². The van der Waals surface area contributed by atoms with E-state index in [1.165, 1.54) is 31.2 Å². The van der Waals surface area contributed by atoms with Crippen molar-refractivity contribution < 1.29 is 19.8 Å². The molecule has 8 heteroatoms. The van der Waals surface area contributed by atoms with E-state index >= 15 is 0 Å². The van der Waals surface area contributed by atoms with Crippen molar-refractivity contribution in [3.63, 3.8) is 0 Å². The average molecular weight is 580 g/mol. The number of piperidine rings is 1. The Balaban J connectivity index is 0.000000652. The molecule has 1 aromatic rings. The summed E-state index contributed by atoms with van der Waals surface area (Å²) in [5, 5.41) is 19.1. The lowest BCUT2D eigenvalue weighted by Crippen LogP contribution is -2.41. The van der Waals surface area contributed by atoms with Gasteiger partial charge in [0.25, 0.3) is 0 Å². The molecule has 1 fully saturated rings. The summed E-state index contributed by atoms with van der Waals surface area (Å²) in [5.74, 6) is 2.42. The summed E-state index contributed by atoms with van der Waals surface area (Å²) < 4.78 is 0. The van der Waals surface area contributed by atoms with Crippen LogP contribution in [-0.2, 0) is 11.2 Å². The Morgan fingerprint density at radius 1 is 1.20 bits per heavy atom. The van der Waals surface area contributed by atoms with Gasteiger partial charge in [-0.1, -0.05) is 78.4 Å². The summed E-state index contributed by atoms with van der Waals surface area (Å²) in [6, 6.07) is 6.40. The van der Waals surface area contributed by atoms with Gasteiger partial charge in [-0.05, 0) is 61.9 Å². The molecule has 0 spiro atoms. The summed E-state index contributed by atoms with van der Waals surface area (Å²) in [4.78, 5) is 22.8. The van der Waals surface area contributed by atoms with E-state index in [9.17, 15) is 9.90 Å². The number of unbranched alkanes of at least 4 members (excludes halogenated alkanes) is 1. The van der Waals surface area contributed by atoms with Gasteiger partial charge in [-0.25, -0.2) is 4.99 Å². The van der Waals surface area contributed by atoms with Crippen LogP contribution in [0.2, 0.25) is 0 Å². The number of carbonyl (C=O) groups is 1. The number of aldehydes is 1. The number of benzene rings is 1. The minimum Gasteiger partial charge on any atom is -0.409 e. The van der Waals surface area contributed by atoms with E-state index < -0.39 is 6.10 Å². The lowest BCUT2D eigenvalue weighted by molar-refractivity contribution is -0.105. The van der Waals surface area contributed by atoms with Crippen LogP contribution in [0.3, 0.4) is 0 Å². The summed E-state index contributed by atoms with van der Waals surface area (Å²) in [5.41, 5.74) is 5.54. The normalized spacial score (nSPS) is 16.5. The molecule has 0 aliphatic carbocycles. The number of aliphatic imine (C=N–C) groups is 1. The Bertz CT molecular complexity index is 856. The number of hydrogen-bond donors (Lipinski definition) is 3. The minimum absolute atomic E-state index is 0.344. The Morgan fingerprint density at radius 3 is 2.35 bits per heavy atom. The quantitative estimate of drug-likeness (QED) is 0.109. The third-order valence-corrected chi connectivity index (χ3v) is 7.15. The number of aliphatic hydroxyl groups is 2. The molecule has 40 heavy (non-hydrogen) atoms. The number of hydroxylamine groups is 1. The van der Waals surface area contributed by atoms with Gasteiger partial charge < -0.3 is 20.0 Å². The molecular weight excluding hydrogens is 521 g/mol. The highest BCUT2D eigenvalue weighted by Gasteiger charge is 2.22. The van der Waals surface area contributed by atoms with Gasteiger partial charge in [-0.3, -0.25) is 4.79 Å². The van der Waals surface area contributed by atoms with Gasteiger partial charge in [0.1, 0.15) is 18.2 Å². The van der Waals surface area contributed by atoms with Gasteiger partial charge in [0.15, 0.2) is 5.75 Å². The summed E-state index contributed by atoms with van der Waals surface area (Å²) in [6.45, 7) is 11.7. The molecule has 2 rings (SSSR count). The first-order valence-corrected chi connectivity index (χ1v) is 15.8. The molecule has 1 saturated heterocycles. The zero-order valence-electron chi connectivity index (χ0n) is 26.3. The van der Waals surface area contributed by atoms with Crippen molar-refractivity contribution >= 4 is 26.7 Å². The SMILES string of the molecule is CCC/C(C=O)=C(\C)N=C1C(O)CCCN1C.CCCC(CCC)Cc1ccc(P)cc1ONC.CCCCO. The van der Waals surface area contributed by atoms with Crippen molar-refractivity contribution in [2.45, 2.75) is 111 Å². The number of aliphatic hydroxyl groups excluding tert-OH is 2. The molecule has 0 radical (unpaired) electrons. The van der Waals surface area contributed by atoms with Crippen LogP contribution in [0.4, 0.5) is 0 Å². The number of rotatable bonds is 14. The standard InChI is InChI=1S/C15H26NOP.C13H22N2O2.C4H10O/c1-4-6-12(7-5-2)10-13-8-9-14(18)11-15(13)17-16-3;1-4-6-11(9-16)10(2)14-13-12(17)7-5-8-15(13)3;1-2-3-4-5/h8-9,11-12,16H,4-7,10,18H2,1-3H3;9,12,17H,4-8H2,1-3H3;5H,2-4H2,1H3/b;11-10-,14-13?;. The van der Waals surface area contributed by atoms with Gasteiger partial charge in [-0.2, -0.15) is 5.48 Å². The van der Waals surface area contributed by atoms with E-state index in [0.29, 0.717) is 12.4 Å². The number of nitrogens with one attached hydrogen (secondary N) is 1. The van der Waals surface area contributed by atoms with E-state index in [1.54, 1.807) is 7.05 Å². The van der Waals surface area contributed by atoms with Crippen molar-refractivity contribution in [3.8, 4) is 5.75 Å². The first-order valence-electron chi connectivity index (χ1n) is 15.2.